The quantitative estimate of drug-likeness (QED) is 0.220. The normalized spacial score (nSPS) is 11.5. The van der Waals surface area contributed by atoms with Gasteiger partial charge in [-0.2, -0.15) is 0 Å². The van der Waals surface area contributed by atoms with Crippen molar-refractivity contribution >= 4 is 28.5 Å². The van der Waals surface area contributed by atoms with Crippen LogP contribution in [-0.4, -0.2) is 37.6 Å². The summed E-state index contributed by atoms with van der Waals surface area (Å²) in [6, 6.07) is 21.4. The van der Waals surface area contributed by atoms with Gasteiger partial charge in [-0.15, -0.1) is 0 Å². The first-order valence-corrected chi connectivity index (χ1v) is 12.0. The number of ether oxygens (including phenoxy) is 2. The van der Waals surface area contributed by atoms with E-state index in [1.807, 2.05) is 30.5 Å². The molecular weight excluding hydrogens is 452 g/mol. The summed E-state index contributed by atoms with van der Waals surface area (Å²) in [6.45, 7) is 4.81. The first kappa shape index (κ1) is 24.9. The van der Waals surface area contributed by atoms with Gasteiger partial charge >= 0.3 is 0 Å². The minimum Gasteiger partial charge on any atom is -0.493 e. The summed E-state index contributed by atoms with van der Waals surface area (Å²) in [7, 11) is 3.10. The largest absolute Gasteiger partial charge is 0.493 e. The average Bonchev–Trinajstić information content (AvgIpc) is 3.31. The van der Waals surface area contributed by atoms with Crippen LogP contribution in [0.2, 0.25) is 0 Å². The van der Waals surface area contributed by atoms with Gasteiger partial charge in [-0.05, 0) is 59.9 Å². The molecule has 4 aromatic rings. The average molecular weight is 485 g/mol. The SMILES string of the molecule is COc1ccc(C(=O)NC(=NCCc2c[nH]c3ccccc23)Nc2ccc(C(C)C)cc2)cc1OC. The Morgan fingerprint density at radius 1 is 0.972 bits per heavy atom. The second kappa shape index (κ2) is 11.4. The van der Waals surface area contributed by atoms with E-state index in [-0.39, 0.29) is 5.91 Å². The Balaban J connectivity index is 1.54. The van der Waals surface area contributed by atoms with Gasteiger partial charge in [0.15, 0.2) is 11.5 Å². The summed E-state index contributed by atoms with van der Waals surface area (Å²) in [5.41, 5.74) is 4.81. The molecule has 3 aromatic carbocycles. The molecule has 0 radical (unpaired) electrons. The zero-order chi connectivity index (χ0) is 25.5. The van der Waals surface area contributed by atoms with Gasteiger partial charge in [0.2, 0.25) is 5.96 Å². The Hall–Kier alpha value is -4.26. The Morgan fingerprint density at radius 2 is 1.72 bits per heavy atom. The summed E-state index contributed by atoms with van der Waals surface area (Å²) >= 11 is 0. The van der Waals surface area contributed by atoms with Crippen molar-refractivity contribution in [2.24, 2.45) is 4.99 Å². The lowest BCUT2D eigenvalue weighted by atomic mass is 10.0. The van der Waals surface area contributed by atoms with Gasteiger partial charge in [-0.3, -0.25) is 15.1 Å². The summed E-state index contributed by atoms with van der Waals surface area (Å²) in [5.74, 6) is 1.57. The van der Waals surface area contributed by atoms with Gasteiger partial charge in [-0.25, -0.2) is 0 Å². The molecule has 0 atom stereocenters. The maximum atomic E-state index is 13.1. The molecule has 0 aliphatic rings. The molecule has 3 N–H and O–H groups in total. The van der Waals surface area contributed by atoms with Crippen LogP contribution in [0, 0.1) is 0 Å². The molecule has 0 fully saturated rings. The van der Waals surface area contributed by atoms with E-state index in [0.717, 1.165) is 17.6 Å². The monoisotopic (exact) mass is 484 g/mol. The number of methoxy groups -OCH3 is 2. The number of fused-ring (bicyclic) bond motifs is 1. The number of rotatable bonds is 8. The number of aromatic amines is 1. The molecule has 0 aliphatic heterocycles. The van der Waals surface area contributed by atoms with E-state index in [2.05, 4.69) is 53.7 Å². The number of hydrogen-bond acceptors (Lipinski definition) is 4. The predicted molar refractivity (Wildman–Crippen MR) is 145 cm³/mol. The fourth-order valence-electron chi connectivity index (χ4n) is 3.98. The lowest BCUT2D eigenvalue weighted by Gasteiger charge is -2.14. The van der Waals surface area contributed by atoms with E-state index >= 15 is 0 Å². The smallest absolute Gasteiger partial charge is 0.258 e. The van der Waals surface area contributed by atoms with Gasteiger partial charge in [0.25, 0.3) is 5.91 Å². The number of hydrogen-bond donors (Lipinski definition) is 3. The van der Waals surface area contributed by atoms with Crippen molar-refractivity contribution in [3.63, 3.8) is 0 Å². The maximum Gasteiger partial charge on any atom is 0.258 e. The fraction of sp³-hybridized carbons (Fsp3) is 0.241. The topological polar surface area (TPSA) is 87.7 Å². The van der Waals surface area contributed by atoms with Crippen LogP contribution < -0.4 is 20.1 Å². The van der Waals surface area contributed by atoms with Gasteiger partial charge in [-0.1, -0.05) is 44.2 Å². The standard InChI is InChI=1S/C29H32N4O3/c1-19(2)20-9-12-23(13-10-20)32-29(30-16-15-22-18-31-25-8-6-5-7-24(22)25)33-28(34)21-11-14-26(35-3)27(17-21)36-4/h5-14,17-19,31H,15-16H2,1-4H3,(H2,30,32,33,34). The molecule has 0 spiro atoms. The van der Waals surface area contributed by atoms with Crippen molar-refractivity contribution in [1.82, 2.24) is 10.3 Å². The second-order valence-electron chi connectivity index (χ2n) is 8.77. The Morgan fingerprint density at radius 3 is 2.44 bits per heavy atom. The summed E-state index contributed by atoms with van der Waals surface area (Å²) in [5, 5.41) is 7.37. The first-order chi connectivity index (χ1) is 17.5. The predicted octanol–water partition coefficient (Wildman–Crippen LogP) is 5.75. The van der Waals surface area contributed by atoms with Crippen molar-refractivity contribution < 1.29 is 14.3 Å². The number of aliphatic imine (C=N–C) groups is 1. The van der Waals surface area contributed by atoms with Crippen LogP contribution in [0.3, 0.4) is 0 Å². The van der Waals surface area contributed by atoms with Gasteiger partial charge in [0, 0.05) is 34.9 Å². The van der Waals surface area contributed by atoms with Gasteiger partial charge in [0.05, 0.1) is 14.2 Å². The molecule has 1 aromatic heterocycles. The number of H-pyrrole nitrogens is 1. The third kappa shape index (κ3) is 5.86. The number of nitrogens with zero attached hydrogens (tertiary/aromatic N) is 1. The fourth-order valence-corrected chi connectivity index (χ4v) is 3.98. The van der Waals surface area contributed by atoms with Crippen LogP contribution in [0.25, 0.3) is 10.9 Å². The Kier molecular flexibility index (Phi) is 7.90. The van der Waals surface area contributed by atoms with Crippen LogP contribution in [0.1, 0.15) is 41.3 Å². The van der Waals surface area contributed by atoms with Crippen molar-refractivity contribution in [1.29, 1.82) is 0 Å². The number of carbonyl (C=O) groups excluding carboxylic acids is 1. The van der Waals surface area contributed by atoms with E-state index in [0.29, 0.717) is 35.5 Å². The van der Waals surface area contributed by atoms with Crippen LogP contribution in [0.5, 0.6) is 11.5 Å². The molecule has 4 rings (SSSR count). The number of para-hydroxylation sites is 1. The van der Waals surface area contributed by atoms with Crippen molar-refractivity contribution in [2.75, 3.05) is 26.1 Å². The highest BCUT2D eigenvalue weighted by Crippen LogP contribution is 2.27. The lowest BCUT2D eigenvalue weighted by molar-refractivity contribution is 0.0976. The molecular formula is C29H32N4O3. The number of guanidine groups is 1. The number of aromatic nitrogens is 1. The second-order valence-corrected chi connectivity index (χ2v) is 8.77. The van der Waals surface area contributed by atoms with Crippen molar-refractivity contribution in [3.8, 4) is 11.5 Å². The zero-order valence-corrected chi connectivity index (χ0v) is 21.1. The molecule has 186 valence electrons. The Labute approximate surface area is 211 Å². The van der Waals surface area contributed by atoms with Crippen molar-refractivity contribution in [2.45, 2.75) is 26.2 Å². The summed E-state index contributed by atoms with van der Waals surface area (Å²) in [4.78, 5) is 21.1. The first-order valence-electron chi connectivity index (χ1n) is 12.0. The van der Waals surface area contributed by atoms with E-state index in [9.17, 15) is 4.79 Å². The molecule has 0 saturated carbocycles. The highest BCUT2D eigenvalue weighted by molar-refractivity contribution is 6.10. The minimum absolute atomic E-state index is 0.298. The summed E-state index contributed by atoms with van der Waals surface area (Å²) < 4.78 is 10.6. The lowest BCUT2D eigenvalue weighted by Crippen LogP contribution is -2.36. The van der Waals surface area contributed by atoms with E-state index in [4.69, 9.17) is 14.5 Å². The summed E-state index contributed by atoms with van der Waals surface area (Å²) in [6.07, 6.45) is 2.74. The highest BCUT2D eigenvalue weighted by Gasteiger charge is 2.13. The highest BCUT2D eigenvalue weighted by atomic mass is 16.5. The number of carbonyl (C=O) groups is 1. The molecule has 1 amide bonds. The number of benzene rings is 3. The number of anilines is 1. The zero-order valence-electron chi connectivity index (χ0n) is 21.1. The third-order valence-electron chi connectivity index (χ3n) is 6.04. The van der Waals surface area contributed by atoms with Crippen LogP contribution >= 0.6 is 0 Å². The molecule has 0 saturated heterocycles. The molecule has 0 bridgehead atoms. The molecule has 0 aliphatic carbocycles. The van der Waals surface area contributed by atoms with E-state index < -0.39 is 0 Å². The molecule has 7 heteroatoms. The van der Waals surface area contributed by atoms with Gasteiger partial charge in [0.1, 0.15) is 0 Å². The van der Waals surface area contributed by atoms with Crippen LogP contribution in [-0.2, 0) is 6.42 Å². The number of amides is 1. The van der Waals surface area contributed by atoms with E-state index in [1.54, 1.807) is 32.4 Å². The van der Waals surface area contributed by atoms with E-state index in [1.165, 1.54) is 16.5 Å². The molecule has 36 heavy (non-hydrogen) atoms. The Bertz CT molecular complexity index is 1360. The van der Waals surface area contributed by atoms with Gasteiger partial charge < -0.3 is 19.8 Å². The van der Waals surface area contributed by atoms with Crippen LogP contribution in [0.4, 0.5) is 5.69 Å². The maximum absolute atomic E-state index is 13.1. The van der Waals surface area contributed by atoms with Crippen LogP contribution in [0.15, 0.2) is 77.9 Å². The molecule has 1 heterocycles. The molecule has 0 unspecified atom stereocenters. The molecule has 7 nitrogen and oxygen atoms in total. The minimum atomic E-state index is -0.298. The third-order valence-corrected chi connectivity index (χ3v) is 6.04. The number of nitrogens with one attached hydrogen (secondary N) is 3. The van der Waals surface area contributed by atoms with Crippen molar-refractivity contribution in [3.05, 3.63) is 89.6 Å².